The molecule has 7 heteroatoms. The number of hydrogen-bond donors (Lipinski definition) is 4. The normalized spacial score (nSPS) is 16.4. The van der Waals surface area contributed by atoms with Gasteiger partial charge in [-0.05, 0) is 43.0 Å². The van der Waals surface area contributed by atoms with Crippen LogP contribution < -0.4 is 16.2 Å². The van der Waals surface area contributed by atoms with Crippen molar-refractivity contribution in [1.29, 1.82) is 0 Å². The van der Waals surface area contributed by atoms with Crippen LogP contribution in [0.5, 0.6) is 0 Å². The number of fused-ring (bicyclic) bond motifs is 2. The molecule has 0 saturated carbocycles. The first-order chi connectivity index (χ1) is 13.7. The van der Waals surface area contributed by atoms with E-state index in [2.05, 4.69) is 47.6 Å². The van der Waals surface area contributed by atoms with Gasteiger partial charge < -0.3 is 20.6 Å². The fourth-order valence-corrected chi connectivity index (χ4v) is 4.00. The maximum atomic E-state index is 13.1. The molecule has 0 amide bonds. The third kappa shape index (κ3) is 2.97. The van der Waals surface area contributed by atoms with Gasteiger partial charge in [-0.25, -0.2) is 4.98 Å². The maximum Gasteiger partial charge on any atom is 0.261 e. The maximum absolute atomic E-state index is 13.1. The standard InChI is InChI=1S/C21H18BrN5O/c22-12-7-8-15-14(10-12)19(24-13-4-3-9-23-11-13)18(21(28)27-15)20-25-16-5-1-2-6-17(16)26-20/h1-3,5-10,13,23H,4,11H2,(H,25,26)(H2,24,27,28)/t13-/m0/s1. The monoisotopic (exact) mass is 435 g/mol. The molecule has 0 bridgehead atoms. The van der Waals surface area contributed by atoms with Gasteiger partial charge in [0.25, 0.3) is 5.56 Å². The Kier molecular flexibility index (Phi) is 4.16. The van der Waals surface area contributed by atoms with Gasteiger partial charge in [0.05, 0.1) is 22.2 Å². The number of para-hydroxylation sites is 2. The number of halogens is 1. The molecule has 1 aliphatic rings. The van der Waals surface area contributed by atoms with Gasteiger partial charge >= 0.3 is 0 Å². The summed E-state index contributed by atoms with van der Waals surface area (Å²) in [5.41, 5.74) is 3.67. The van der Waals surface area contributed by atoms with Crippen LogP contribution in [0.2, 0.25) is 0 Å². The number of hydrogen-bond acceptors (Lipinski definition) is 4. The number of nitrogens with zero attached hydrogens (tertiary/aromatic N) is 1. The summed E-state index contributed by atoms with van der Waals surface area (Å²) < 4.78 is 0.951. The zero-order valence-corrected chi connectivity index (χ0v) is 16.5. The molecule has 6 nitrogen and oxygen atoms in total. The van der Waals surface area contributed by atoms with Crippen molar-refractivity contribution >= 4 is 43.6 Å². The molecular formula is C21H18BrN5O. The van der Waals surface area contributed by atoms with Crippen molar-refractivity contribution in [2.75, 3.05) is 11.9 Å². The lowest BCUT2D eigenvalue weighted by Crippen LogP contribution is -2.33. The number of anilines is 1. The van der Waals surface area contributed by atoms with Gasteiger partial charge in [-0.1, -0.05) is 34.1 Å². The Hall–Kier alpha value is -3.06. The van der Waals surface area contributed by atoms with Crippen LogP contribution in [-0.4, -0.2) is 27.5 Å². The summed E-state index contributed by atoms with van der Waals surface area (Å²) in [4.78, 5) is 24.0. The van der Waals surface area contributed by atoms with Crippen molar-refractivity contribution in [2.45, 2.75) is 12.5 Å². The molecule has 0 radical (unpaired) electrons. The first-order valence-corrected chi connectivity index (χ1v) is 9.94. The van der Waals surface area contributed by atoms with Crippen molar-refractivity contribution in [3.63, 3.8) is 0 Å². The molecule has 0 spiro atoms. The highest BCUT2D eigenvalue weighted by Crippen LogP contribution is 2.33. The molecule has 0 aliphatic carbocycles. The molecular weight excluding hydrogens is 418 g/mol. The minimum absolute atomic E-state index is 0.171. The van der Waals surface area contributed by atoms with Crippen molar-refractivity contribution in [1.82, 2.24) is 20.3 Å². The van der Waals surface area contributed by atoms with E-state index in [1.54, 1.807) is 0 Å². The molecule has 4 aromatic rings. The van der Waals surface area contributed by atoms with Crippen molar-refractivity contribution in [3.05, 3.63) is 69.6 Å². The minimum atomic E-state index is -0.171. The second-order valence-corrected chi connectivity index (χ2v) is 7.80. The lowest BCUT2D eigenvalue weighted by molar-refractivity contribution is 0.651. The van der Waals surface area contributed by atoms with Crippen LogP contribution >= 0.6 is 15.9 Å². The summed E-state index contributed by atoms with van der Waals surface area (Å²) in [5, 5.41) is 7.78. The quantitative estimate of drug-likeness (QED) is 0.389. The summed E-state index contributed by atoms with van der Waals surface area (Å²) in [6, 6.07) is 13.8. The molecule has 3 heterocycles. The van der Waals surface area contributed by atoms with E-state index in [0.29, 0.717) is 11.4 Å². The molecule has 5 rings (SSSR count). The van der Waals surface area contributed by atoms with Gasteiger partial charge in [-0.15, -0.1) is 0 Å². The number of aromatic amines is 2. The first kappa shape index (κ1) is 17.1. The number of aromatic nitrogens is 3. The Morgan fingerprint density at radius 1 is 1.11 bits per heavy atom. The molecule has 1 aliphatic heterocycles. The van der Waals surface area contributed by atoms with Crippen LogP contribution in [-0.2, 0) is 0 Å². The molecule has 0 saturated heterocycles. The van der Waals surface area contributed by atoms with Crippen LogP contribution in [0.3, 0.4) is 0 Å². The van der Waals surface area contributed by atoms with Gasteiger partial charge in [0.1, 0.15) is 11.4 Å². The molecule has 28 heavy (non-hydrogen) atoms. The Bertz CT molecular complexity index is 1240. The molecule has 0 unspecified atom stereocenters. The smallest absolute Gasteiger partial charge is 0.261 e. The second-order valence-electron chi connectivity index (χ2n) is 6.88. The Morgan fingerprint density at radius 3 is 2.82 bits per heavy atom. The molecule has 140 valence electrons. The SMILES string of the molecule is O=c1[nH]c2ccc(Br)cc2c(N[C@H]2CC=CNC2)c1-c1nc2ccccc2[nH]1. The highest BCUT2D eigenvalue weighted by molar-refractivity contribution is 9.10. The van der Waals surface area contributed by atoms with Crippen LogP contribution in [0.1, 0.15) is 6.42 Å². The zero-order valence-electron chi connectivity index (χ0n) is 14.9. The van der Waals surface area contributed by atoms with Crippen molar-refractivity contribution in [2.24, 2.45) is 0 Å². The molecule has 4 N–H and O–H groups in total. The van der Waals surface area contributed by atoms with E-state index in [4.69, 9.17) is 0 Å². The first-order valence-electron chi connectivity index (χ1n) is 9.14. The largest absolute Gasteiger partial charge is 0.389 e. The topological polar surface area (TPSA) is 85.6 Å². The number of pyridine rings is 1. The predicted molar refractivity (Wildman–Crippen MR) is 117 cm³/mol. The molecule has 1 atom stereocenters. The van der Waals surface area contributed by atoms with E-state index in [0.717, 1.165) is 45.1 Å². The van der Waals surface area contributed by atoms with Gasteiger partial charge in [0.2, 0.25) is 0 Å². The third-order valence-corrected chi connectivity index (χ3v) is 5.46. The molecule has 2 aromatic carbocycles. The Morgan fingerprint density at radius 2 is 2.00 bits per heavy atom. The van der Waals surface area contributed by atoms with E-state index in [1.807, 2.05) is 48.7 Å². The van der Waals surface area contributed by atoms with Crippen LogP contribution in [0.25, 0.3) is 33.3 Å². The van der Waals surface area contributed by atoms with E-state index in [1.165, 1.54) is 0 Å². The van der Waals surface area contributed by atoms with Gasteiger partial charge in [0, 0.05) is 22.4 Å². The summed E-state index contributed by atoms with van der Waals surface area (Å²) in [6.07, 6.45) is 4.94. The minimum Gasteiger partial charge on any atom is -0.389 e. The summed E-state index contributed by atoms with van der Waals surface area (Å²) in [5.74, 6) is 0.561. The fourth-order valence-electron chi connectivity index (χ4n) is 3.64. The van der Waals surface area contributed by atoms with Gasteiger partial charge in [-0.3, -0.25) is 4.79 Å². The summed E-state index contributed by atoms with van der Waals surface area (Å²) >= 11 is 3.55. The van der Waals surface area contributed by atoms with E-state index in [9.17, 15) is 4.79 Å². The van der Waals surface area contributed by atoms with Crippen LogP contribution in [0.4, 0.5) is 5.69 Å². The van der Waals surface area contributed by atoms with E-state index < -0.39 is 0 Å². The number of nitrogens with one attached hydrogen (secondary N) is 4. The Labute approximate surface area is 169 Å². The van der Waals surface area contributed by atoms with Crippen molar-refractivity contribution < 1.29 is 0 Å². The highest BCUT2D eigenvalue weighted by Gasteiger charge is 2.21. The second kappa shape index (κ2) is 6.83. The number of benzene rings is 2. The average molecular weight is 436 g/mol. The predicted octanol–water partition coefficient (Wildman–Crippen LogP) is 4.12. The molecule has 0 fully saturated rings. The Balaban J connectivity index is 1.76. The molecule has 2 aromatic heterocycles. The summed E-state index contributed by atoms with van der Waals surface area (Å²) in [7, 11) is 0. The number of rotatable bonds is 3. The summed E-state index contributed by atoms with van der Waals surface area (Å²) in [6.45, 7) is 0.790. The van der Waals surface area contributed by atoms with Gasteiger partial charge in [0.15, 0.2) is 0 Å². The fraction of sp³-hybridized carbons (Fsp3) is 0.143. The lowest BCUT2D eigenvalue weighted by Gasteiger charge is -2.24. The number of H-pyrrole nitrogens is 2. The number of imidazole rings is 1. The zero-order chi connectivity index (χ0) is 19.1. The third-order valence-electron chi connectivity index (χ3n) is 4.97. The van der Waals surface area contributed by atoms with Gasteiger partial charge in [-0.2, -0.15) is 0 Å². The van der Waals surface area contributed by atoms with E-state index >= 15 is 0 Å². The highest BCUT2D eigenvalue weighted by atomic mass is 79.9. The average Bonchev–Trinajstić information content (AvgIpc) is 3.13. The van der Waals surface area contributed by atoms with Crippen molar-refractivity contribution in [3.8, 4) is 11.4 Å². The van der Waals surface area contributed by atoms with E-state index in [-0.39, 0.29) is 11.6 Å². The van der Waals surface area contributed by atoms with Crippen LogP contribution in [0, 0.1) is 0 Å². The lowest BCUT2D eigenvalue weighted by atomic mass is 10.1. The van der Waals surface area contributed by atoms with Crippen LogP contribution in [0.15, 0.2) is 64.0 Å².